The molecular weight excluding hydrogens is 347 g/mol. The summed E-state index contributed by atoms with van der Waals surface area (Å²) in [6.45, 7) is 0. The number of hydrogen-bond donors (Lipinski definition) is 5. The van der Waals surface area contributed by atoms with Crippen LogP contribution in [0.1, 0.15) is 5.56 Å². The fourth-order valence-electron chi connectivity index (χ4n) is 1.50. The van der Waals surface area contributed by atoms with Crippen molar-refractivity contribution in [2.24, 2.45) is 0 Å². The summed E-state index contributed by atoms with van der Waals surface area (Å²) in [5, 5.41) is 14.4. The first-order chi connectivity index (χ1) is 10.4. The van der Waals surface area contributed by atoms with Crippen molar-refractivity contribution in [1.29, 1.82) is 5.26 Å². The van der Waals surface area contributed by atoms with E-state index in [1.165, 1.54) is 0 Å². The van der Waals surface area contributed by atoms with Crippen LogP contribution in [0, 0.1) is 11.3 Å². The number of nitrogen functional groups attached to an aromatic ring is 1. The molecule has 0 aliphatic heterocycles. The number of nitrogens with zero attached hydrogens (tertiary/aromatic N) is 3. The van der Waals surface area contributed by atoms with Crippen LogP contribution in [-0.4, -0.2) is 15.2 Å². The number of nitrogens with two attached hydrogens (primary N) is 1. The van der Waals surface area contributed by atoms with Crippen molar-refractivity contribution in [2.75, 3.05) is 16.6 Å². The highest BCUT2D eigenvalue weighted by molar-refractivity contribution is 8.45. The summed E-state index contributed by atoms with van der Waals surface area (Å²) in [4.78, 5) is 1.33. The molecule has 0 bridgehead atoms. The van der Waals surface area contributed by atoms with E-state index in [4.69, 9.17) is 11.0 Å². The highest BCUT2D eigenvalue weighted by atomic mass is 32.5. The van der Waals surface area contributed by atoms with E-state index in [1.807, 2.05) is 0 Å². The molecule has 126 valence electrons. The molecule has 0 saturated heterocycles. The topological polar surface area (TPSA) is 127 Å². The molecule has 0 aliphatic carbocycles. The lowest BCUT2D eigenvalue weighted by molar-refractivity contribution is 0.363. The van der Waals surface area contributed by atoms with Crippen molar-refractivity contribution in [3.05, 3.63) is 23.8 Å². The zero-order chi connectivity index (χ0) is 17.4. The first-order valence-corrected chi connectivity index (χ1v) is 7.57. The van der Waals surface area contributed by atoms with E-state index in [0.717, 1.165) is 12.1 Å². The zero-order valence-corrected chi connectivity index (χ0v) is 11.8. The maximum absolute atomic E-state index is 12.9. The Bertz CT molecular complexity index is 780. The first kappa shape index (κ1) is 16.6. The number of hydrazine groups is 2. The van der Waals surface area contributed by atoms with E-state index in [-0.39, 0.29) is 23.7 Å². The summed E-state index contributed by atoms with van der Waals surface area (Å²) in [5.41, 5.74) is 10.4. The third kappa shape index (κ3) is 4.11. The Morgan fingerprint density at radius 2 is 1.87 bits per heavy atom. The molecule has 1 heterocycles. The van der Waals surface area contributed by atoms with Crippen LogP contribution in [0.25, 0.3) is 0 Å². The monoisotopic (exact) mass is 356 g/mol. The maximum Gasteiger partial charge on any atom is 0.311 e. The van der Waals surface area contributed by atoms with E-state index in [9.17, 15) is 19.4 Å². The normalized spacial score (nSPS) is 14.4. The third-order valence-electron chi connectivity index (χ3n) is 2.40. The predicted octanol–water partition coefficient (Wildman–Crippen LogP) is 2.86. The van der Waals surface area contributed by atoms with Crippen molar-refractivity contribution in [3.63, 3.8) is 0 Å². The Labute approximate surface area is 125 Å². The molecular formula is C9H9F5N8S. The molecule has 2 rings (SSSR count). The number of aromatic nitrogens is 3. The van der Waals surface area contributed by atoms with Gasteiger partial charge in [0.05, 0.1) is 11.3 Å². The average Bonchev–Trinajstić information content (AvgIpc) is 2.82. The Morgan fingerprint density at radius 3 is 2.39 bits per heavy atom. The van der Waals surface area contributed by atoms with Crippen molar-refractivity contribution in [1.82, 2.24) is 20.7 Å². The quantitative estimate of drug-likeness (QED) is 0.412. The highest BCUT2D eigenvalue weighted by Crippen LogP contribution is 3.02. The van der Waals surface area contributed by atoms with E-state index in [1.54, 1.807) is 0 Å². The molecule has 8 nitrogen and oxygen atoms in total. The van der Waals surface area contributed by atoms with Crippen LogP contribution in [-0.2, 0) is 0 Å². The molecule has 0 fully saturated rings. The Hall–Kier alpha value is -2.79. The third-order valence-corrected chi connectivity index (χ3v) is 3.57. The second kappa shape index (κ2) is 4.60. The summed E-state index contributed by atoms with van der Waals surface area (Å²) in [6, 6.07) is 2.85. The molecule has 0 atom stereocenters. The molecule has 0 amide bonds. The van der Waals surface area contributed by atoms with Crippen molar-refractivity contribution in [2.45, 2.75) is 4.90 Å². The summed E-state index contributed by atoms with van der Waals surface area (Å²) in [5.74, 6) is -0.0625. The molecule has 14 heteroatoms. The summed E-state index contributed by atoms with van der Waals surface area (Å²) in [6.07, 6.45) is 0. The molecule has 0 saturated carbocycles. The number of benzene rings is 1. The second-order valence-corrected chi connectivity index (χ2v) is 6.59. The van der Waals surface area contributed by atoms with Gasteiger partial charge in [0.25, 0.3) is 5.95 Å². The van der Waals surface area contributed by atoms with E-state index < -0.39 is 20.7 Å². The lowest BCUT2D eigenvalue weighted by atomic mass is 10.2. The fraction of sp³-hybridized carbons (Fsp3) is 0. The highest BCUT2D eigenvalue weighted by Gasteiger charge is 2.66. The Balaban J connectivity index is 2.20. The Kier molecular flexibility index (Phi) is 3.32. The summed E-state index contributed by atoms with van der Waals surface area (Å²) >= 11 is 0. The molecule has 0 aliphatic rings. The minimum Gasteiger partial charge on any atom is -0.368 e. The number of nitriles is 1. The number of nitrogens with one attached hydrogen (secondary N) is 4. The number of anilines is 3. The minimum absolute atomic E-state index is 0.0177. The van der Waals surface area contributed by atoms with Gasteiger partial charge in [-0.15, -0.1) is 10.6 Å². The van der Waals surface area contributed by atoms with E-state index in [2.05, 4.69) is 31.6 Å². The van der Waals surface area contributed by atoms with Crippen LogP contribution < -0.4 is 22.1 Å². The molecule has 0 radical (unpaired) electrons. The van der Waals surface area contributed by atoms with Crippen molar-refractivity contribution >= 4 is 27.8 Å². The predicted molar refractivity (Wildman–Crippen MR) is 73.7 cm³/mol. The lowest BCUT2D eigenvalue weighted by Gasteiger charge is -2.41. The molecule has 6 N–H and O–H groups in total. The number of hydrogen-bond acceptors (Lipinski definition) is 7. The van der Waals surface area contributed by atoms with Gasteiger partial charge >= 0.3 is 10.2 Å². The van der Waals surface area contributed by atoms with Crippen LogP contribution in [0.2, 0.25) is 0 Å². The molecule has 23 heavy (non-hydrogen) atoms. The van der Waals surface area contributed by atoms with Gasteiger partial charge in [-0.2, -0.15) is 10.2 Å². The number of rotatable bonds is 5. The van der Waals surface area contributed by atoms with Gasteiger partial charge in [0.2, 0.25) is 5.95 Å². The van der Waals surface area contributed by atoms with Gasteiger partial charge < -0.3 is 11.2 Å². The van der Waals surface area contributed by atoms with Crippen molar-refractivity contribution in [3.8, 4) is 6.07 Å². The molecule has 0 unspecified atom stereocenters. The Morgan fingerprint density at radius 1 is 1.17 bits per heavy atom. The van der Waals surface area contributed by atoms with Gasteiger partial charge in [-0.25, -0.2) is 5.10 Å². The zero-order valence-electron chi connectivity index (χ0n) is 10.9. The van der Waals surface area contributed by atoms with Crippen LogP contribution >= 0.6 is 10.2 Å². The van der Waals surface area contributed by atoms with Crippen LogP contribution in [0.3, 0.4) is 0 Å². The van der Waals surface area contributed by atoms with Crippen LogP contribution in [0.5, 0.6) is 0 Å². The van der Waals surface area contributed by atoms with Gasteiger partial charge in [0.1, 0.15) is 11.0 Å². The number of H-pyrrole nitrogens is 1. The first-order valence-electron chi connectivity index (χ1n) is 5.62. The fourth-order valence-corrected chi connectivity index (χ4v) is 2.38. The van der Waals surface area contributed by atoms with Crippen molar-refractivity contribution < 1.29 is 19.4 Å². The summed E-state index contributed by atoms with van der Waals surface area (Å²) < 4.78 is 64.6. The van der Waals surface area contributed by atoms with Gasteiger partial charge in [-0.05, 0) is 18.2 Å². The van der Waals surface area contributed by atoms with Crippen LogP contribution in [0.15, 0.2) is 23.1 Å². The SMILES string of the molecule is N#Cc1ccc(NNNc2n[nH]c(N)n2)cc1S(F)(F)(F)(F)F. The molecule has 1 aromatic heterocycles. The van der Waals surface area contributed by atoms with Gasteiger partial charge in [0, 0.05) is 0 Å². The minimum atomic E-state index is -10.0. The van der Waals surface area contributed by atoms with Gasteiger partial charge in [-0.3, -0.25) is 5.43 Å². The number of aromatic amines is 1. The van der Waals surface area contributed by atoms with Crippen LogP contribution in [0.4, 0.5) is 37.0 Å². The maximum atomic E-state index is 12.9. The smallest absolute Gasteiger partial charge is 0.311 e. The summed E-state index contributed by atoms with van der Waals surface area (Å²) in [7, 11) is -10.0. The van der Waals surface area contributed by atoms with Gasteiger partial charge in [0.15, 0.2) is 0 Å². The largest absolute Gasteiger partial charge is 0.368 e. The van der Waals surface area contributed by atoms with E-state index in [0.29, 0.717) is 6.07 Å². The molecule has 0 spiro atoms. The van der Waals surface area contributed by atoms with E-state index >= 15 is 0 Å². The standard InChI is InChI=1S/C9H9F5N8S/c10-23(11,12,13,14)7-3-6(2-1-5(7)4-15)18-22-21-9-17-8(16)19-20-9/h1-3,18,22H,(H4,16,17,19,20,21). The van der Waals surface area contributed by atoms with Gasteiger partial charge in [-0.1, -0.05) is 19.4 Å². The lowest BCUT2D eigenvalue weighted by Crippen LogP contribution is -2.28. The molecule has 2 aromatic rings. The average molecular weight is 356 g/mol. The number of halogens is 5. The second-order valence-electron chi connectivity index (χ2n) is 4.21. The molecule has 1 aromatic carbocycles.